The molecule has 0 aliphatic rings. The number of hydrogen-bond acceptors (Lipinski definition) is 5. The zero-order valence-electron chi connectivity index (χ0n) is 10.5. The minimum Gasteiger partial charge on any atom is -0.384 e. The highest BCUT2D eigenvalue weighted by atomic mass is 15.0. The number of nitrogen functional groups attached to an aromatic ring is 2. The predicted molar refractivity (Wildman–Crippen MR) is 79.5 cm³/mol. The molecule has 3 rings (SSSR count). The minimum absolute atomic E-state index is 0.366. The maximum Gasteiger partial charge on any atom is 0.162 e. The number of benzene rings is 1. The highest BCUT2D eigenvalue weighted by Crippen LogP contribution is 2.24. The van der Waals surface area contributed by atoms with E-state index in [-0.39, 0.29) is 0 Å². The van der Waals surface area contributed by atoms with Crippen LogP contribution in [0.2, 0.25) is 0 Å². The standard InChI is InChI=1S/C15H11N5/c1-2-9-4-3-5-10(6-9)15-19-12-8-18-13(16)7-11(12)14(17)20-15/h1,3-8H,(H2,16,18)(H2,17,19,20). The van der Waals surface area contributed by atoms with E-state index >= 15 is 0 Å². The van der Waals surface area contributed by atoms with E-state index in [0.717, 1.165) is 11.1 Å². The van der Waals surface area contributed by atoms with Crippen LogP contribution in [-0.2, 0) is 0 Å². The van der Waals surface area contributed by atoms with Gasteiger partial charge >= 0.3 is 0 Å². The van der Waals surface area contributed by atoms with Crippen LogP contribution in [0.5, 0.6) is 0 Å². The number of pyridine rings is 1. The lowest BCUT2D eigenvalue weighted by molar-refractivity contribution is 1.22. The summed E-state index contributed by atoms with van der Waals surface area (Å²) < 4.78 is 0. The Morgan fingerprint density at radius 2 is 1.95 bits per heavy atom. The summed E-state index contributed by atoms with van der Waals surface area (Å²) in [6.07, 6.45) is 6.98. The third-order valence-corrected chi connectivity index (χ3v) is 2.92. The molecule has 96 valence electrons. The number of nitrogens with two attached hydrogens (primary N) is 2. The van der Waals surface area contributed by atoms with Crippen LogP contribution in [0.25, 0.3) is 22.3 Å². The van der Waals surface area contributed by atoms with Crippen LogP contribution in [-0.4, -0.2) is 15.0 Å². The Kier molecular flexibility index (Phi) is 2.70. The summed E-state index contributed by atoms with van der Waals surface area (Å²) in [6.45, 7) is 0. The highest BCUT2D eigenvalue weighted by Gasteiger charge is 2.08. The van der Waals surface area contributed by atoms with Crippen LogP contribution in [0.15, 0.2) is 36.5 Å². The van der Waals surface area contributed by atoms with Gasteiger partial charge in [-0.05, 0) is 18.2 Å². The molecule has 0 fully saturated rings. The molecule has 0 saturated heterocycles. The molecule has 2 heterocycles. The molecule has 5 heteroatoms. The van der Waals surface area contributed by atoms with Crippen LogP contribution in [0.1, 0.15) is 5.56 Å². The molecule has 20 heavy (non-hydrogen) atoms. The van der Waals surface area contributed by atoms with E-state index in [4.69, 9.17) is 17.9 Å². The molecule has 0 atom stereocenters. The molecule has 1 aromatic carbocycles. The van der Waals surface area contributed by atoms with Crippen molar-refractivity contribution in [3.8, 4) is 23.7 Å². The van der Waals surface area contributed by atoms with Gasteiger partial charge in [-0.15, -0.1) is 6.42 Å². The lowest BCUT2D eigenvalue weighted by Gasteiger charge is -2.06. The summed E-state index contributed by atoms with van der Waals surface area (Å²) in [5.41, 5.74) is 13.8. The maximum absolute atomic E-state index is 5.96. The Hall–Kier alpha value is -3.13. The number of fused-ring (bicyclic) bond motifs is 1. The van der Waals surface area contributed by atoms with Crippen LogP contribution in [0.4, 0.5) is 11.6 Å². The molecular weight excluding hydrogens is 250 g/mol. The molecule has 0 aliphatic carbocycles. The Balaban J connectivity index is 2.22. The van der Waals surface area contributed by atoms with Gasteiger partial charge in [0.1, 0.15) is 11.6 Å². The zero-order chi connectivity index (χ0) is 14.1. The van der Waals surface area contributed by atoms with Gasteiger partial charge in [0.15, 0.2) is 5.82 Å². The molecule has 0 bridgehead atoms. The lowest BCUT2D eigenvalue weighted by atomic mass is 10.1. The normalized spacial score (nSPS) is 10.3. The number of anilines is 2. The fourth-order valence-electron chi connectivity index (χ4n) is 1.95. The quantitative estimate of drug-likeness (QED) is 0.652. The summed E-state index contributed by atoms with van der Waals surface area (Å²) in [5, 5.41) is 0.689. The SMILES string of the molecule is C#Cc1cccc(-c2nc(N)c3cc(N)ncc3n2)c1. The summed E-state index contributed by atoms with van der Waals surface area (Å²) >= 11 is 0. The van der Waals surface area contributed by atoms with Gasteiger partial charge in [-0.2, -0.15) is 0 Å². The Labute approximate surface area is 115 Å². The third kappa shape index (κ3) is 1.99. The molecule has 3 aromatic rings. The number of terminal acetylenes is 1. The number of hydrogen-bond donors (Lipinski definition) is 2. The van der Waals surface area contributed by atoms with Crippen molar-refractivity contribution >= 4 is 22.5 Å². The van der Waals surface area contributed by atoms with Gasteiger partial charge in [-0.1, -0.05) is 18.1 Å². The first-order valence-corrected chi connectivity index (χ1v) is 5.93. The monoisotopic (exact) mass is 261 g/mol. The summed E-state index contributed by atoms with van der Waals surface area (Å²) in [4.78, 5) is 12.8. The highest BCUT2D eigenvalue weighted by molar-refractivity contribution is 5.90. The molecule has 4 N–H and O–H groups in total. The summed E-state index contributed by atoms with van der Waals surface area (Å²) in [7, 11) is 0. The second kappa shape index (κ2) is 4.52. The second-order valence-corrected chi connectivity index (χ2v) is 4.28. The largest absolute Gasteiger partial charge is 0.384 e. The Morgan fingerprint density at radius 1 is 1.10 bits per heavy atom. The fourth-order valence-corrected chi connectivity index (χ4v) is 1.95. The van der Waals surface area contributed by atoms with Crippen LogP contribution < -0.4 is 11.5 Å². The van der Waals surface area contributed by atoms with Crippen molar-refractivity contribution in [3.05, 3.63) is 42.1 Å². The molecule has 0 unspecified atom stereocenters. The number of rotatable bonds is 1. The molecule has 5 nitrogen and oxygen atoms in total. The topological polar surface area (TPSA) is 90.7 Å². The molecule has 2 aromatic heterocycles. The van der Waals surface area contributed by atoms with Crippen LogP contribution >= 0.6 is 0 Å². The lowest BCUT2D eigenvalue weighted by Crippen LogP contribution is -2.00. The molecule has 0 spiro atoms. The summed E-state index contributed by atoms with van der Waals surface area (Å²) in [6, 6.07) is 9.08. The smallest absolute Gasteiger partial charge is 0.162 e. The minimum atomic E-state index is 0.366. The first kappa shape index (κ1) is 11.9. The predicted octanol–water partition coefficient (Wildman–Crippen LogP) is 1.84. The first-order valence-electron chi connectivity index (χ1n) is 5.93. The van der Waals surface area contributed by atoms with Gasteiger partial charge < -0.3 is 11.5 Å². The van der Waals surface area contributed by atoms with Crippen molar-refractivity contribution in [2.24, 2.45) is 0 Å². The van der Waals surface area contributed by atoms with Crippen LogP contribution in [0.3, 0.4) is 0 Å². The average Bonchev–Trinajstić information content (AvgIpc) is 2.48. The Bertz CT molecular complexity index is 848. The van der Waals surface area contributed by atoms with Crippen molar-refractivity contribution in [1.29, 1.82) is 0 Å². The molecule has 0 radical (unpaired) electrons. The van der Waals surface area contributed by atoms with Gasteiger partial charge in [0, 0.05) is 16.5 Å². The third-order valence-electron chi connectivity index (χ3n) is 2.92. The maximum atomic E-state index is 5.96. The van der Waals surface area contributed by atoms with E-state index in [2.05, 4.69) is 20.9 Å². The Morgan fingerprint density at radius 3 is 2.75 bits per heavy atom. The van der Waals surface area contributed by atoms with E-state index in [1.54, 1.807) is 12.3 Å². The van der Waals surface area contributed by atoms with Crippen molar-refractivity contribution in [2.75, 3.05) is 11.5 Å². The van der Waals surface area contributed by atoms with E-state index in [9.17, 15) is 0 Å². The van der Waals surface area contributed by atoms with E-state index in [1.807, 2.05) is 24.3 Å². The number of nitrogens with zero attached hydrogens (tertiary/aromatic N) is 3. The zero-order valence-corrected chi connectivity index (χ0v) is 10.5. The van der Waals surface area contributed by atoms with Crippen LogP contribution in [0, 0.1) is 12.3 Å². The van der Waals surface area contributed by atoms with E-state index in [0.29, 0.717) is 28.4 Å². The van der Waals surface area contributed by atoms with Crippen molar-refractivity contribution in [3.63, 3.8) is 0 Å². The average molecular weight is 261 g/mol. The van der Waals surface area contributed by atoms with E-state index < -0.39 is 0 Å². The molecule has 0 saturated carbocycles. The van der Waals surface area contributed by atoms with Crippen molar-refractivity contribution in [1.82, 2.24) is 15.0 Å². The van der Waals surface area contributed by atoms with Crippen molar-refractivity contribution < 1.29 is 0 Å². The van der Waals surface area contributed by atoms with Gasteiger partial charge in [-0.25, -0.2) is 15.0 Å². The fraction of sp³-hybridized carbons (Fsp3) is 0. The van der Waals surface area contributed by atoms with Gasteiger partial charge in [0.25, 0.3) is 0 Å². The van der Waals surface area contributed by atoms with E-state index in [1.165, 1.54) is 0 Å². The molecule has 0 amide bonds. The molecule has 0 aliphatic heterocycles. The summed E-state index contributed by atoms with van der Waals surface area (Å²) in [5.74, 6) is 3.84. The van der Waals surface area contributed by atoms with Crippen molar-refractivity contribution in [2.45, 2.75) is 0 Å². The van der Waals surface area contributed by atoms with Gasteiger partial charge in [0.2, 0.25) is 0 Å². The first-order chi connectivity index (χ1) is 9.67. The molecular formula is C15H11N5. The van der Waals surface area contributed by atoms with Gasteiger partial charge in [0.05, 0.1) is 11.7 Å². The second-order valence-electron chi connectivity index (χ2n) is 4.28. The van der Waals surface area contributed by atoms with Gasteiger partial charge in [-0.3, -0.25) is 0 Å². The number of aromatic nitrogens is 3.